The summed E-state index contributed by atoms with van der Waals surface area (Å²) in [5.41, 5.74) is 2.49. The Morgan fingerprint density at radius 2 is 1.78 bits per heavy atom. The van der Waals surface area contributed by atoms with Gasteiger partial charge in [0, 0.05) is 6.20 Å². The lowest BCUT2D eigenvalue weighted by Gasteiger charge is -2.27. The van der Waals surface area contributed by atoms with Crippen LogP contribution in [0.5, 0.6) is 0 Å². The minimum atomic E-state index is -0.101. The van der Waals surface area contributed by atoms with Crippen molar-refractivity contribution >= 4 is 5.91 Å². The highest BCUT2D eigenvalue weighted by Gasteiger charge is 2.24. The number of carbonyl (C=O) groups is 1. The van der Waals surface area contributed by atoms with E-state index in [1.54, 1.807) is 17.1 Å². The highest BCUT2D eigenvalue weighted by atomic mass is 16.1. The lowest BCUT2D eigenvalue weighted by Crippen LogP contribution is -2.33. The summed E-state index contributed by atoms with van der Waals surface area (Å²) in [5.74, 6) is 0.978. The van der Waals surface area contributed by atoms with Gasteiger partial charge in [-0.25, -0.2) is 9.67 Å². The van der Waals surface area contributed by atoms with Crippen LogP contribution in [0.2, 0.25) is 0 Å². The average molecular weight is 362 g/mol. The Kier molecular flexibility index (Phi) is 6.01. The molecule has 140 valence electrons. The number of carbonyl (C=O) groups excluding carboxylic acids is 1. The highest BCUT2D eigenvalue weighted by Crippen LogP contribution is 2.28. The first-order valence-corrected chi connectivity index (χ1v) is 9.47. The van der Waals surface area contributed by atoms with Gasteiger partial charge in [-0.3, -0.25) is 4.79 Å². The molecule has 0 aliphatic rings. The van der Waals surface area contributed by atoms with Crippen LogP contribution in [0.25, 0.3) is 5.82 Å². The van der Waals surface area contributed by atoms with Gasteiger partial charge in [0.2, 0.25) is 0 Å². The number of pyridine rings is 1. The van der Waals surface area contributed by atoms with Crippen LogP contribution in [0, 0.1) is 12.8 Å². The number of nitrogens with one attached hydrogen (secondary N) is 1. The summed E-state index contributed by atoms with van der Waals surface area (Å²) >= 11 is 0. The maximum atomic E-state index is 13.0. The van der Waals surface area contributed by atoms with E-state index < -0.39 is 0 Å². The predicted octanol–water partition coefficient (Wildman–Crippen LogP) is 4.48. The van der Waals surface area contributed by atoms with Crippen LogP contribution in [0.1, 0.15) is 54.3 Å². The fourth-order valence-corrected chi connectivity index (χ4v) is 3.46. The molecule has 2 aromatic heterocycles. The van der Waals surface area contributed by atoms with Crippen LogP contribution in [0.15, 0.2) is 60.9 Å². The van der Waals surface area contributed by atoms with Crippen molar-refractivity contribution < 1.29 is 4.79 Å². The molecule has 0 aliphatic carbocycles. The van der Waals surface area contributed by atoms with E-state index in [4.69, 9.17) is 0 Å². The molecular weight excluding hydrogens is 336 g/mol. The Morgan fingerprint density at radius 3 is 2.41 bits per heavy atom. The SMILES string of the molecule is CCC(CC)C(NC(=O)c1cnn(-c2ccccn2)c1C)c1ccccc1. The number of amides is 1. The van der Waals surface area contributed by atoms with Gasteiger partial charge >= 0.3 is 0 Å². The summed E-state index contributed by atoms with van der Waals surface area (Å²) in [5, 5.41) is 7.61. The number of benzene rings is 1. The van der Waals surface area contributed by atoms with Gasteiger partial charge in [0.1, 0.15) is 0 Å². The monoisotopic (exact) mass is 362 g/mol. The molecule has 3 aromatic rings. The van der Waals surface area contributed by atoms with Gasteiger partial charge in [0.15, 0.2) is 5.82 Å². The first-order chi connectivity index (χ1) is 13.2. The van der Waals surface area contributed by atoms with E-state index in [-0.39, 0.29) is 11.9 Å². The number of hydrogen-bond acceptors (Lipinski definition) is 3. The fourth-order valence-electron chi connectivity index (χ4n) is 3.46. The van der Waals surface area contributed by atoms with Crippen molar-refractivity contribution in [3.63, 3.8) is 0 Å². The van der Waals surface area contributed by atoms with Crippen molar-refractivity contribution in [2.75, 3.05) is 0 Å². The molecule has 2 heterocycles. The minimum absolute atomic E-state index is 0.0219. The van der Waals surface area contributed by atoms with Crippen LogP contribution >= 0.6 is 0 Å². The van der Waals surface area contributed by atoms with Gasteiger partial charge in [-0.1, -0.05) is 63.1 Å². The summed E-state index contributed by atoms with van der Waals surface area (Å²) in [6.07, 6.45) is 5.34. The third kappa shape index (κ3) is 4.08. The zero-order valence-corrected chi connectivity index (χ0v) is 16.1. The largest absolute Gasteiger partial charge is 0.345 e. The summed E-state index contributed by atoms with van der Waals surface area (Å²) < 4.78 is 1.70. The zero-order chi connectivity index (χ0) is 19.2. The second kappa shape index (κ2) is 8.62. The van der Waals surface area contributed by atoms with Crippen LogP contribution in [0.3, 0.4) is 0 Å². The quantitative estimate of drug-likeness (QED) is 0.674. The number of aromatic nitrogens is 3. The molecule has 1 amide bonds. The van der Waals surface area contributed by atoms with Crippen molar-refractivity contribution in [3.8, 4) is 5.82 Å². The van der Waals surface area contributed by atoms with E-state index in [2.05, 4.69) is 41.4 Å². The van der Waals surface area contributed by atoms with Crippen molar-refractivity contribution in [3.05, 3.63) is 77.7 Å². The number of hydrogen-bond donors (Lipinski definition) is 1. The molecule has 1 unspecified atom stereocenters. The molecular formula is C22H26N4O. The third-order valence-electron chi connectivity index (χ3n) is 5.09. The number of rotatable bonds is 7. The molecule has 0 saturated carbocycles. The Morgan fingerprint density at radius 1 is 1.07 bits per heavy atom. The summed E-state index contributed by atoms with van der Waals surface area (Å²) in [7, 11) is 0. The summed E-state index contributed by atoms with van der Waals surface area (Å²) in [6, 6.07) is 15.8. The molecule has 1 atom stereocenters. The van der Waals surface area contributed by atoms with Crippen molar-refractivity contribution in [2.45, 2.75) is 39.7 Å². The topological polar surface area (TPSA) is 59.8 Å². The molecule has 3 rings (SSSR count). The molecule has 0 radical (unpaired) electrons. The van der Waals surface area contributed by atoms with Crippen molar-refractivity contribution in [2.24, 2.45) is 5.92 Å². The Bertz CT molecular complexity index is 870. The van der Waals surface area contributed by atoms with Gasteiger partial charge in [0.25, 0.3) is 5.91 Å². The standard InChI is InChI=1S/C22H26N4O/c1-4-17(5-2)21(18-11-7-6-8-12-18)25-22(27)19-15-24-26(16(19)3)20-13-9-10-14-23-20/h6-15,17,21H,4-5H2,1-3H3,(H,25,27). The molecule has 1 N–H and O–H groups in total. The molecule has 0 fully saturated rings. The Hall–Kier alpha value is -2.95. The molecule has 5 heteroatoms. The third-order valence-corrected chi connectivity index (χ3v) is 5.09. The zero-order valence-electron chi connectivity index (χ0n) is 16.1. The molecule has 0 aliphatic heterocycles. The van der Waals surface area contributed by atoms with E-state index in [1.807, 2.05) is 43.3 Å². The second-order valence-corrected chi connectivity index (χ2v) is 6.68. The summed E-state index contributed by atoms with van der Waals surface area (Å²) in [6.45, 7) is 6.23. The van der Waals surface area contributed by atoms with Gasteiger partial charge in [-0.05, 0) is 30.5 Å². The average Bonchev–Trinajstić information content (AvgIpc) is 3.11. The molecule has 5 nitrogen and oxygen atoms in total. The minimum Gasteiger partial charge on any atom is -0.345 e. The van der Waals surface area contributed by atoms with Crippen LogP contribution in [-0.4, -0.2) is 20.7 Å². The number of nitrogens with zero attached hydrogens (tertiary/aromatic N) is 3. The molecule has 0 bridgehead atoms. The van der Waals surface area contributed by atoms with Crippen LogP contribution in [0.4, 0.5) is 0 Å². The van der Waals surface area contributed by atoms with E-state index in [1.165, 1.54) is 0 Å². The first-order valence-electron chi connectivity index (χ1n) is 9.47. The van der Waals surface area contributed by atoms with E-state index in [0.29, 0.717) is 17.3 Å². The fraction of sp³-hybridized carbons (Fsp3) is 0.318. The summed E-state index contributed by atoms with van der Waals surface area (Å²) in [4.78, 5) is 17.4. The van der Waals surface area contributed by atoms with Gasteiger partial charge in [-0.2, -0.15) is 5.10 Å². The van der Waals surface area contributed by atoms with Crippen LogP contribution < -0.4 is 5.32 Å². The molecule has 0 saturated heterocycles. The van der Waals surface area contributed by atoms with Gasteiger partial charge < -0.3 is 5.32 Å². The molecule has 1 aromatic carbocycles. The molecule has 0 spiro atoms. The van der Waals surface area contributed by atoms with E-state index in [0.717, 1.165) is 24.1 Å². The normalized spacial score (nSPS) is 12.1. The Balaban J connectivity index is 1.87. The Labute approximate surface area is 160 Å². The van der Waals surface area contributed by atoms with Crippen molar-refractivity contribution in [1.29, 1.82) is 0 Å². The predicted molar refractivity (Wildman–Crippen MR) is 107 cm³/mol. The maximum Gasteiger partial charge on any atom is 0.255 e. The second-order valence-electron chi connectivity index (χ2n) is 6.68. The van der Waals surface area contributed by atoms with Crippen molar-refractivity contribution in [1.82, 2.24) is 20.1 Å². The van der Waals surface area contributed by atoms with Gasteiger partial charge in [0.05, 0.1) is 23.5 Å². The smallest absolute Gasteiger partial charge is 0.255 e. The highest BCUT2D eigenvalue weighted by molar-refractivity contribution is 5.95. The van der Waals surface area contributed by atoms with Crippen LogP contribution in [-0.2, 0) is 0 Å². The lowest BCUT2D eigenvalue weighted by atomic mass is 9.88. The lowest BCUT2D eigenvalue weighted by molar-refractivity contribution is 0.0918. The van der Waals surface area contributed by atoms with E-state index in [9.17, 15) is 4.79 Å². The maximum absolute atomic E-state index is 13.0. The molecule has 27 heavy (non-hydrogen) atoms. The van der Waals surface area contributed by atoms with E-state index >= 15 is 0 Å². The van der Waals surface area contributed by atoms with Gasteiger partial charge in [-0.15, -0.1) is 0 Å². The first kappa shape index (κ1) is 18.8.